The molecule has 0 fully saturated rings. The molecule has 19 heavy (non-hydrogen) atoms. The summed E-state index contributed by atoms with van der Waals surface area (Å²) in [5.74, 6) is 0.402. The molecule has 2 nitrogen and oxygen atoms in total. The fourth-order valence-corrected chi connectivity index (χ4v) is 2.67. The predicted octanol–water partition coefficient (Wildman–Crippen LogP) is 3.75. The van der Waals surface area contributed by atoms with Gasteiger partial charge in [0.15, 0.2) is 0 Å². The topological polar surface area (TPSA) is 32.3 Å². The van der Waals surface area contributed by atoms with Crippen molar-refractivity contribution >= 4 is 0 Å². The van der Waals surface area contributed by atoms with Crippen LogP contribution in [0.4, 0.5) is 0 Å². The van der Waals surface area contributed by atoms with Gasteiger partial charge in [-0.3, -0.25) is 0 Å². The smallest absolute Gasteiger partial charge is 0.0692 e. The van der Waals surface area contributed by atoms with Gasteiger partial charge in [-0.05, 0) is 32.3 Å². The van der Waals surface area contributed by atoms with Gasteiger partial charge in [0.2, 0.25) is 0 Å². The first kappa shape index (κ1) is 16.2. The summed E-state index contributed by atoms with van der Waals surface area (Å²) < 4.78 is 0. The molecule has 0 aliphatic heterocycles. The summed E-state index contributed by atoms with van der Waals surface area (Å²) in [6, 6.07) is 6.90. The molecule has 2 unspecified atom stereocenters. The maximum Gasteiger partial charge on any atom is 0.0692 e. The molecular formula is C17H29NO. The zero-order chi connectivity index (χ0) is 14.4. The van der Waals surface area contributed by atoms with Crippen LogP contribution in [0.15, 0.2) is 18.2 Å². The number of nitrogens with one attached hydrogen (secondary N) is 1. The van der Waals surface area contributed by atoms with Crippen LogP contribution in [0, 0.1) is 19.8 Å². The Morgan fingerprint density at radius 2 is 1.58 bits per heavy atom. The minimum atomic E-state index is -0.247. The lowest BCUT2D eigenvalue weighted by Gasteiger charge is -2.23. The second-order valence-corrected chi connectivity index (χ2v) is 5.69. The van der Waals surface area contributed by atoms with E-state index >= 15 is 0 Å². The highest BCUT2D eigenvalue weighted by Crippen LogP contribution is 2.18. The van der Waals surface area contributed by atoms with Crippen LogP contribution in [0.1, 0.15) is 56.3 Å². The van der Waals surface area contributed by atoms with Crippen molar-refractivity contribution in [2.75, 3.05) is 6.54 Å². The van der Waals surface area contributed by atoms with Gasteiger partial charge in [0.1, 0.15) is 0 Å². The Bertz CT molecular complexity index is 365. The molecule has 0 aliphatic rings. The summed E-state index contributed by atoms with van der Waals surface area (Å²) in [4.78, 5) is 0. The van der Waals surface area contributed by atoms with Crippen molar-refractivity contribution in [3.05, 3.63) is 34.9 Å². The lowest BCUT2D eigenvalue weighted by atomic mass is 9.96. The van der Waals surface area contributed by atoms with Crippen molar-refractivity contribution in [1.82, 2.24) is 5.32 Å². The van der Waals surface area contributed by atoms with Gasteiger partial charge in [-0.2, -0.15) is 0 Å². The van der Waals surface area contributed by atoms with Gasteiger partial charge in [0.25, 0.3) is 0 Å². The molecular weight excluding hydrogens is 234 g/mol. The number of benzene rings is 1. The molecule has 108 valence electrons. The molecule has 1 aromatic rings. The van der Waals surface area contributed by atoms with E-state index in [1.165, 1.54) is 16.7 Å². The number of aliphatic hydroxyl groups is 1. The van der Waals surface area contributed by atoms with Gasteiger partial charge >= 0.3 is 0 Å². The Kier molecular flexibility index (Phi) is 6.53. The molecule has 1 aromatic carbocycles. The normalized spacial score (nSPS) is 14.7. The van der Waals surface area contributed by atoms with Gasteiger partial charge in [0.05, 0.1) is 6.10 Å². The van der Waals surface area contributed by atoms with Crippen molar-refractivity contribution in [1.29, 1.82) is 0 Å². The Hall–Kier alpha value is -0.860. The minimum absolute atomic E-state index is 0.247. The highest BCUT2D eigenvalue weighted by Gasteiger charge is 2.16. The number of hydrogen-bond acceptors (Lipinski definition) is 2. The fourth-order valence-electron chi connectivity index (χ4n) is 2.67. The lowest BCUT2D eigenvalue weighted by Crippen LogP contribution is -2.34. The van der Waals surface area contributed by atoms with E-state index in [1.54, 1.807) is 0 Å². The Morgan fingerprint density at radius 3 is 2.05 bits per heavy atom. The van der Waals surface area contributed by atoms with Crippen LogP contribution in [-0.4, -0.2) is 17.8 Å². The monoisotopic (exact) mass is 263 g/mol. The summed E-state index contributed by atoms with van der Waals surface area (Å²) in [7, 11) is 0. The molecule has 0 spiro atoms. The third-order valence-electron chi connectivity index (χ3n) is 3.97. The van der Waals surface area contributed by atoms with Crippen molar-refractivity contribution in [2.24, 2.45) is 5.92 Å². The van der Waals surface area contributed by atoms with Gasteiger partial charge < -0.3 is 10.4 Å². The molecule has 0 saturated carbocycles. The molecule has 0 saturated heterocycles. The molecule has 0 radical (unpaired) electrons. The van der Waals surface area contributed by atoms with Crippen molar-refractivity contribution < 1.29 is 5.11 Å². The first-order valence-corrected chi connectivity index (χ1v) is 7.47. The van der Waals surface area contributed by atoms with E-state index in [-0.39, 0.29) is 12.1 Å². The molecule has 0 amide bonds. The van der Waals surface area contributed by atoms with Crippen molar-refractivity contribution in [3.8, 4) is 0 Å². The minimum Gasteiger partial charge on any atom is -0.392 e. The van der Waals surface area contributed by atoms with E-state index in [0.29, 0.717) is 12.5 Å². The predicted molar refractivity (Wildman–Crippen MR) is 82.4 cm³/mol. The van der Waals surface area contributed by atoms with Crippen LogP contribution in [0.2, 0.25) is 0 Å². The van der Waals surface area contributed by atoms with Crippen molar-refractivity contribution in [3.63, 3.8) is 0 Å². The van der Waals surface area contributed by atoms with Gasteiger partial charge in [-0.1, -0.05) is 56.0 Å². The maximum absolute atomic E-state index is 10.2. The summed E-state index contributed by atoms with van der Waals surface area (Å²) in [5, 5.41) is 13.6. The fraction of sp³-hybridized carbons (Fsp3) is 0.647. The average Bonchev–Trinajstić information content (AvgIpc) is 2.36. The lowest BCUT2D eigenvalue weighted by molar-refractivity contribution is 0.0989. The third kappa shape index (κ3) is 4.96. The Labute approximate surface area is 118 Å². The molecule has 1 rings (SSSR count). The summed E-state index contributed by atoms with van der Waals surface area (Å²) in [5.41, 5.74) is 3.89. The largest absolute Gasteiger partial charge is 0.392 e. The molecule has 0 heterocycles. The molecule has 0 bridgehead atoms. The van der Waals surface area contributed by atoms with E-state index in [0.717, 1.165) is 12.8 Å². The zero-order valence-electron chi connectivity index (χ0n) is 13.0. The SMILES string of the molecule is CCC(CC)C(O)CNC(C)c1cc(C)cc(C)c1. The van der Waals surface area contributed by atoms with E-state index in [2.05, 4.69) is 58.1 Å². The summed E-state index contributed by atoms with van der Waals surface area (Å²) >= 11 is 0. The van der Waals surface area contributed by atoms with Crippen LogP contribution in [-0.2, 0) is 0 Å². The first-order chi connectivity index (χ1) is 8.97. The second-order valence-electron chi connectivity index (χ2n) is 5.69. The third-order valence-corrected chi connectivity index (χ3v) is 3.97. The van der Waals surface area contributed by atoms with Crippen LogP contribution in [0.5, 0.6) is 0 Å². The molecule has 2 N–H and O–H groups in total. The summed E-state index contributed by atoms with van der Waals surface area (Å²) in [6.45, 7) is 11.4. The number of rotatable bonds is 7. The first-order valence-electron chi connectivity index (χ1n) is 7.47. The van der Waals surface area contributed by atoms with E-state index < -0.39 is 0 Å². The molecule has 0 aliphatic carbocycles. The maximum atomic E-state index is 10.2. The van der Waals surface area contributed by atoms with Crippen molar-refractivity contribution in [2.45, 2.75) is 59.6 Å². The highest BCUT2D eigenvalue weighted by molar-refractivity contribution is 5.30. The quantitative estimate of drug-likeness (QED) is 0.785. The Balaban J connectivity index is 2.57. The standard InChI is InChI=1S/C17H29NO/c1-6-15(7-2)17(19)11-18-14(5)16-9-12(3)8-13(4)10-16/h8-10,14-15,17-19H,6-7,11H2,1-5H3. The van der Waals surface area contributed by atoms with Crippen LogP contribution >= 0.6 is 0 Å². The number of aliphatic hydroxyl groups excluding tert-OH is 1. The van der Waals surface area contributed by atoms with Gasteiger partial charge in [-0.25, -0.2) is 0 Å². The number of aryl methyl sites for hydroxylation is 2. The van der Waals surface area contributed by atoms with E-state index in [9.17, 15) is 5.11 Å². The second kappa shape index (κ2) is 7.66. The molecule has 0 aromatic heterocycles. The van der Waals surface area contributed by atoms with Gasteiger partial charge in [-0.15, -0.1) is 0 Å². The van der Waals surface area contributed by atoms with E-state index in [4.69, 9.17) is 0 Å². The molecule has 2 heteroatoms. The zero-order valence-corrected chi connectivity index (χ0v) is 13.0. The number of hydrogen-bond donors (Lipinski definition) is 2. The van der Waals surface area contributed by atoms with Crippen LogP contribution in [0.3, 0.4) is 0 Å². The van der Waals surface area contributed by atoms with Crippen LogP contribution < -0.4 is 5.32 Å². The average molecular weight is 263 g/mol. The van der Waals surface area contributed by atoms with Gasteiger partial charge in [0, 0.05) is 12.6 Å². The molecule has 2 atom stereocenters. The highest BCUT2D eigenvalue weighted by atomic mass is 16.3. The van der Waals surface area contributed by atoms with Crippen LogP contribution in [0.25, 0.3) is 0 Å². The Morgan fingerprint density at radius 1 is 1.05 bits per heavy atom. The summed E-state index contributed by atoms with van der Waals surface area (Å²) in [6.07, 6.45) is 1.83. The van der Waals surface area contributed by atoms with E-state index in [1.807, 2.05) is 0 Å².